The molecule has 1 aliphatic heterocycles. The number of piperidine rings is 1. The number of sulfonamides is 1. The van der Waals surface area contributed by atoms with Crippen LogP contribution in [0.15, 0.2) is 45.8 Å². The molecule has 2 aromatic carbocycles. The molecule has 1 aliphatic rings. The largest absolute Gasteiger partial charge is 0.390 e. The maximum absolute atomic E-state index is 14.0. The van der Waals surface area contributed by atoms with Crippen LogP contribution in [0.4, 0.5) is 4.39 Å². The summed E-state index contributed by atoms with van der Waals surface area (Å²) in [5.74, 6) is 0.206. The van der Waals surface area contributed by atoms with Gasteiger partial charge in [-0.3, -0.25) is 0 Å². The predicted octanol–water partition coefficient (Wildman–Crippen LogP) is 3.63. The highest BCUT2D eigenvalue weighted by Gasteiger charge is 2.32. The normalized spacial score (nSPS) is 20.5. The maximum atomic E-state index is 14.0. The van der Waals surface area contributed by atoms with Crippen LogP contribution in [0.1, 0.15) is 25.8 Å². The zero-order valence-corrected chi connectivity index (χ0v) is 19.0. The topological polar surface area (TPSA) is 77.3 Å². The van der Waals surface area contributed by atoms with Crippen molar-refractivity contribution in [3.63, 3.8) is 0 Å². The van der Waals surface area contributed by atoms with Crippen molar-refractivity contribution in [3.05, 3.63) is 52.3 Å². The Kier molecular flexibility index (Phi) is 5.82. The van der Waals surface area contributed by atoms with Crippen LogP contribution in [-0.2, 0) is 16.6 Å². The molecule has 0 spiro atoms. The molecule has 2 atom stereocenters. The molecule has 7 nitrogen and oxygen atoms in total. The Morgan fingerprint density at radius 3 is 2.60 bits per heavy atom. The summed E-state index contributed by atoms with van der Waals surface area (Å²) in [7, 11) is -3.65. The van der Waals surface area contributed by atoms with Gasteiger partial charge in [-0.05, 0) is 53.8 Å². The Balaban J connectivity index is 1.61. The molecule has 0 amide bonds. The number of nitrogens with zero attached hydrogens (tertiary/aromatic N) is 4. The third-order valence-electron chi connectivity index (χ3n) is 5.22. The van der Waals surface area contributed by atoms with E-state index in [1.165, 1.54) is 18.2 Å². The van der Waals surface area contributed by atoms with E-state index in [9.17, 15) is 12.8 Å². The highest BCUT2D eigenvalue weighted by molar-refractivity contribution is 9.10. The van der Waals surface area contributed by atoms with Gasteiger partial charge in [-0.15, -0.1) is 5.10 Å². The van der Waals surface area contributed by atoms with Crippen molar-refractivity contribution in [2.24, 2.45) is 11.8 Å². The monoisotopic (exact) mass is 496 g/mol. The predicted molar refractivity (Wildman–Crippen MR) is 114 cm³/mol. The third kappa shape index (κ3) is 4.21. The summed E-state index contributed by atoms with van der Waals surface area (Å²) in [5.41, 5.74) is 1.25. The minimum Gasteiger partial charge on any atom is -0.390 e. The van der Waals surface area contributed by atoms with Crippen molar-refractivity contribution in [1.29, 1.82) is 0 Å². The average Bonchev–Trinajstić information content (AvgIpc) is 3.09. The highest BCUT2D eigenvalue weighted by atomic mass is 79.9. The van der Waals surface area contributed by atoms with Crippen molar-refractivity contribution in [3.8, 4) is 0 Å². The van der Waals surface area contributed by atoms with Crippen molar-refractivity contribution >= 4 is 37.0 Å². The summed E-state index contributed by atoms with van der Waals surface area (Å²) in [4.78, 5) is 6.89. The molecule has 160 valence electrons. The van der Waals surface area contributed by atoms with Crippen molar-refractivity contribution < 1.29 is 17.6 Å². The minimum absolute atomic E-state index is 0.0737. The number of rotatable bonds is 5. The average molecular weight is 497 g/mol. The van der Waals surface area contributed by atoms with E-state index in [4.69, 9.17) is 4.84 Å². The molecule has 0 bridgehead atoms. The molecule has 1 fully saturated rings. The molecule has 0 saturated carbocycles. The summed E-state index contributed by atoms with van der Waals surface area (Å²) in [5, 5.41) is 7.93. The summed E-state index contributed by atoms with van der Waals surface area (Å²) >= 11 is 3.22. The molecule has 2 unspecified atom stereocenters. The van der Waals surface area contributed by atoms with Crippen LogP contribution >= 0.6 is 15.9 Å². The molecule has 1 aromatic heterocycles. The van der Waals surface area contributed by atoms with Crippen LogP contribution in [0.3, 0.4) is 0 Å². The lowest BCUT2D eigenvalue weighted by molar-refractivity contribution is 0.0733. The first-order valence-electron chi connectivity index (χ1n) is 9.67. The van der Waals surface area contributed by atoms with Gasteiger partial charge in [0.2, 0.25) is 10.0 Å². The summed E-state index contributed by atoms with van der Waals surface area (Å²) in [6, 6.07) is 9.32. The number of benzene rings is 2. The molecule has 30 heavy (non-hydrogen) atoms. The van der Waals surface area contributed by atoms with E-state index < -0.39 is 15.8 Å². The fourth-order valence-electron chi connectivity index (χ4n) is 3.85. The second-order valence-corrected chi connectivity index (χ2v) is 10.7. The quantitative estimate of drug-likeness (QED) is 0.538. The number of aromatic nitrogens is 3. The van der Waals surface area contributed by atoms with Gasteiger partial charge in [-0.1, -0.05) is 40.7 Å². The van der Waals surface area contributed by atoms with Gasteiger partial charge in [0.1, 0.15) is 23.5 Å². The van der Waals surface area contributed by atoms with Crippen LogP contribution in [0, 0.1) is 17.7 Å². The second-order valence-electron chi connectivity index (χ2n) is 7.89. The van der Waals surface area contributed by atoms with Gasteiger partial charge >= 0.3 is 0 Å². The van der Waals surface area contributed by atoms with E-state index in [0.29, 0.717) is 46.0 Å². The highest BCUT2D eigenvalue weighted by Crippen LogP contribution is 2.28. The molecule has 4 rings (SSSR count). The fraction of sp³-hybridized carbons (Fsp3) is 0.400. The van der Waals surface area contributed by atoms with Crippen LogP contribution in [-0.4, -0.2) is 41.0 Å². The van der Waals surface area contributed by atoms with Crippen LogP contribution in [0.25, 0.3) is 11.0 Å². The van der Waals surface area contributed by atoms with E-state index >= 15 is 0 Å². The van der Waals surface area contributed by atoms with Gasteiger partial charge in [-0.2, -0.15) is 4.31 Å². The van der Waals surface area contributed by atoms with Gasteiger partial charge < -0.3 is 4.84 Å². The Morgan fingerprint density at radius 1 is 1.17 bits per heavy atom. The number of hydrogen-bond donors (Lipinski definition) is 0. The molecule has 10 heteroatoms. The van der Waals surface area contributed by atoms with Crippen LogP contribution in [0.5, 0.6) is 0 Å². The van der Waals surface area contributed by atoms with Crippen LogP contribution in [0.2, 0.25) is 0 Å². The lowest BCUT2D eigenvalue weighted by atomic mass is 9.94. The Bertz CT molecular complexity index is 1170. The molecular weight excluding hydrogens is 475 g/mol. The van der Waals surface area contributed by atoms with Gasteiger partial charge in [0.25, 0.3) is 0 Å². The second kappa shape index (κ2) is 8.24. The number of fused-ring (bicyclic) bond motifs is 1. The molecule has 0 radical (unpaired) electrons. The standard InChI is InChI=1S/C20H22BrFN4O3S/c1-13-7-14(2)11-25(10-13)30(27,28)17-5-6-19-20(9-17)26(24-23-19)29-12-15-3-4-16(21)8-18(15)22/h3-6,8-9,13-14H,7,10-12H2,1-2H3. The minimum atomic E-state index is -3.65. The lowest BCUT2D eigenvalue weighted by Gasteiger charge is -2.34. The third-order valence-corrected chi connectivity index (χ3v) is 7.54. The molecule has 2 heterocycles. The summed E-state index contributed by atoms with van der Waals surface area (Å²) in [6.45, 7) is 5.06. The summed E-state index contributed by atoms with van der Waals surface area (Å²) < 4.78 is 42.6. The van der Waals surface area contributed by atoms with Gasteiger partial charge in [-0.25, -0.2) is 12.8 Å². The molecule has 0 aliphatic carbocycles. The maximum Gasteiger partial charge on any atom is 0.243 e. The van der Waals surface area contributed by atoms with Gasteiger partial charge in [0, 0.05) is 23.1 Å². The SMILES string of the molecule is CC1CC(C)CN(S(=O)(=O)c2ccc3nnn(OCc4ccc(Br)cc4F)c3c2)C1. The zero-order valence-electron chi connectivity index (χ0n) is 16.6. The molecule has 3 aromatic rings. The Hall–Kier alpha value is -2.04. The van der Waals surface area contributed by atoms with Crippen molar-refractivity contribution in [2.75, 3.05) is 13.1 Å². The number of hydrogen-bond acceptors (Lipinski definition) is 5. The number of halogens is 2. The first kappa shape index (κ1) is 21.2. The first-order valence-corrected chi connectivity index (χ1v) is 11.9. The lowest BCUT2D eigenvalue weighted by Crippen LogP contribution is -2.42. The van der Waals surface area contributed by atoms with Crippen LogP contribution < -0.4 is 4.84 Å². The van der Waals surface area contributed by atoms with Gasteiger partial charge in [0.15, 0.2) is 0 Å². The Labute approximate surface area is 183 Å². The van der Waals surface area contributed by atoms with Gasteiger partial charge in [0.05, 0.1) is 4.90 Å². The zero-order chi connectivity index (χ0) is 21.5. The van der Waals surface area contributed by atoms with E-state index in [0.717, 1.165) is 11.3 Å². The van der Waals surface area contributed by atoms with E-state index in [1.54, 1.807) is 22.5 Å². The molecule has 1 saturated heterocycles. The van der Waals surface area contributed by atoms with Crippen molar-refractivity contribution in [1.82, 2.24) is 19.5 Å². The van der Waals surface area contributed by atoms with Crippen molar-refractivity contribution in [2.45, 2.75) is 31.8 Å². The summed E-state index contributed by atoms with van der Waals surface area (Å²) in [6.07, 6.45) is 1.02. The fourth-order valence-corrected chi connectivity index (χ4v) is 5.89. The first-order chi connectivity index (χ1) is 14.2. The van der Waals surface area contributed by atoms with E-state index in [1.807, 2.05) is 0 Å². The Morgan fingerprint density at radius 2 is 1.90 bits per heavy atom. The molecule has 0 N–H and O–H groups in total. The smallest absolute Gasteiger partial charge is 0.243 e. The van der Waals surface area contributed by atoms with E-state index in [2.05, 4.69) is 40.1 Å². The molecular formula is C20H22BrFN4O3S. The van der Waals surface area contributed by atoms with E-state index in [-0.39, 0.29) is 11.5 Å².